The van der Waals surface area contributed by atoms with Crippen molar-refractivity contribution < 1.29 is 4.74 Å². The van der Waals surface area contributed by atoms with Crippen LogP contribution in [-0.4, -0.2) is 19.7 Å². The standard InChI is InChI=1S/C16H27NOS/c1-5-17-11-12-7-6-10-18-15(12)13-8-9-14(19-13)16(2,3)4/h8-9,12,15,17H,5-7,10-11H2,1-4H3. The van der Waals surface area contributed by atoms with E-state index in [2.05, 4.69) is 45.1 Å². The normalized spacial score (nSPS) is 24.6. The average Bonchev–Trinajstić information content (AvgIpc) is 2.86. The third-order valence-electron chi connectivity index (χ3n) is 3.75. The van der Waals surface area contributed by atoms with Gasteiger partial charge in [0.25, 0.3) is 0 Å². The molecule has 2 unspecified atom stereocenters. The van der Waals surface area contributed by atoms with Crippen LogP contribution >= 0.6 is 11.3 Å². The number of hydrogen-bond acceptors (Lipinski definition) is 3. The molecule has 3 heteroatoms. The van der Waals surface area contributed by atoms with Crippen molar-refractivity contribution in [3.63, 3.8) is 0 Å². The molecule has 0 spiro atoms. The van der Waals surface area contributed by atoms with E-state index in [1.165, 1.54) is 22.6 Å². The van der Waals surface area contributed by atoms with Crippen LogP contribution in [0.15, 0.2) is 12.1 Å². The Bertz CT molecular complexity index is 394. The van der Waals surface area contributed by atoms with Gasteiger partial charge in [0, 0.05) is 28.8 Å². The van der Waals surface area contributed by atoms with Crippen molar-refractivity contribution >= 4 is 11.3 Å². The molecule has 0 amide bonds. The molecule has 0 aliphatic carbocycles. The Morgan fingerprint density at radius 2 is 2.16 bits per heavy atom. The summed E-state index contributed by atoms with van der Waals surface area (Å²) in [7, 11) is 0. The minimum Gasteiger partial charge on any atom is -0.372 e. The van der Waals surface area contributed by atoms with Gasteiger partial charge in [-0.3, -0.25) is 0 Å². The van der Waals surface area contributed by atoms with Gasteiger partial charge in [0.2, 0.25) is 0 Å². The smallest absolute Gasteiger partial charge is 0.0956 e. The molecule has 1 N–H and O–H groups in total. The van der Waals surface area contributed by atoms with E-state index in [0.717, 1.165) is 19.7 Å². The summed E-state index contributed by atoms with van der Waals surface area (Å²) in [5, 5.41) is 3.48. The fourth-order valence-corrected chi connectivity index (χ4v) is 3.81. The lowest BCUT2D eigenvalue weighted by atomic mass is 9.92. The Morgan fingerprint density at radius 3 is 2.79 bits per heavy atom. The van der Waals surface area contributed by atoms with E-state index in [4.69, 9.17) is 4.74 Å². The molecule has 0 bridgehead atoms. The number of rotatable bonds is 4. The van der Waals surface area contributed by atoms with Crippen molar-refractivity contribution in [2.75, 3.05) is 19.7 Å². The highest BCUT2D eigenvalue weighted by Gasteiger charge is 2.29. The summed E-state index contributed by atoms with van der Waals surface area (Å²) in [6.07, 6.45) is 2.78. The van der Waals surface area contributed by atoms with Gasteiger partial charge in [-0.15, -0.1) is 11.3 Å². The summed E-state index contributed by atoms with van der Waals surface area (Å²) < 4.78 is 6.07. The molecule has 1 saturated heterocycles. The summed E-state index contributed by atoms with van der Waals surface area (Å²) in [4.78, 5) is 2.87. The molecule has 1 aliphatic rings. The molecule has 108 valence electrons. The molecule has 2 atom stereocenters. The van der Waals surface area contributed by atoms with Crippen molar-refractivity contribution in [1.82, 2.24) is 5.32 Å². The Morgan fingerprint density at radius 1 is 1.37 bits per heavy atom. The van der Waals surface area contributed by atoms with E-state index in [1.54, 1.807) is 0 Å². The largest absolute Gasteiger partial charge is 0.372 e. The van der Waals surface area contributed by atoms with Crippen LogP contribution in [0.5, 0.6) is 0 Å². The second kappa shape index (κ2) is 6.38. The van der Waals surface area contributed by atoms with Crippen molar-refractivity contribution in [3.8, 4) is 0 Å². The summed E-state index contributed by atoms with van der Waals surface area (Å²) in [5.41, 5.74) is 0.245. The average molecular weight is 281 g/mol. The van der Waals surface area contributed by atoms with Gasteiger partial charge in [0.05, 0.1) is 6.10 Å². The number of hydrogen-bond donors (Lipinski definition) is 1. The second-order valence-electron chi connectivity index (χ2n) is 6.45. The van der Waals surface area contributed by atoms with Crippen LogP contribution in [0.25, 0.3) is 0 Å². The molecule has 1 aliphatic heterocycles. The fourth-order valence-electron chi connectivity index (χ4n) is 2.61. The first kappa shape index (κ1) is 15.0. The topological polar surface area (TPSA) is 21.3 Å². The SMILES string of the molecule is CCNCC1CCCOC1c1ccc(C(C)(C)C)s1. The van der Waals surface area contributed by atoms with Crippen molar-refractivity contribution in [1.29, 1.82) is 0 Å². The summed E-state index contributed by atoms with van der Waals surface area (Å²) in [6.45, 7) is 12.0. The van der Waals surface area contributed by atoms with E-state index in [-0.39, 0.29) is 5.41 Å². The summed E-state index contributed by atoms with van der Waals surface area (Å²) in [6, 6.07) is 4.56. The first-order valence-corrected chi connectivity index (χ1v) is 8.26. The van der Waals surface area contributed by atoms with Gasteiger partial charge in [0.1, 0.15) is 0 Å². The predicted octanol–water partition coefficient (Wildman–Crippen LogP) is 4.12. The maximum absolute atomic E-state index is 6.07. The van der Waals surface area contributed by atoms with Crippen molar-refractivity contribution in [2.24, 2.45) is 5.92 Å². The third kappa shape index (κ3) is 3.80. The third-order valence-corrected chi connectivity index (χ3v) is 5.32. The number of ether oxygens (including phenoxy) is 1. The Hall–Kier alpha value is -0.380. The maximum atomic E-state index is 6.07. The molecule has 2 nitrogen and oxygen atoms in total. The van der Waals surface area contributed by atoms with Crippen LogP contribution in [-0.2, 0) is 10.2 Å². The highest BCUT2D eigenvalue weighted by Crippen LogP contribution is 2.39. The van der Waals surface area contributed by atoms with Crippen LogP contribution in [0, 0.1) is 5.92 Å². The van der Waals surface area contributed by atoms with Gasteiger partial charge in [-0.2, -0.15) is 0 Å². The zero-order chi connectivity index (χ0) is 13.9. The summed E-state index contributed by atoms with van der Waals surface area (Å²) in [5.74, 6) is 0.625. The van der Waals surface area contributed by atoms with Crippen molar-refractivity contribution in [2.45, 2.75) is 52.1 Å². The van der Waals surface area contributed by atoms with Gasteiger partial charge in [-0.05, 0) is 36.9 Å². The highest BCUT2D eigenvalue weighted by molar-refractivity contribution is 7.12. The fraction of sp³-hybridized carbons (Fsp3) is 0.750. The van der Waals surface area contributed by atoms with Gasteiger partial charge in [0.15, 0.2) is 0 Å². The Kier molecular flexibility index (Phi) is 5.04. The molecule has 0 aromatic carbocycles. The number of thiophene rings is 1. The molecule has 2 heterocycles. The second-order valence-corrected chi connectivity index (χ2v) is 7.57. The minimum absolute atomic E-state index is 0.245. The van der Waals surface area contributed by atoms with Crippen LogP contribution < -0.4 is 5.32 Å². The van der Waals surface area contributed by atoms with Crippen LogP contribution in [0.3, 0.4) is 0 Å². The molecule has 1 fully saturated rings. The lowest BCUT2D eigenvalue weighted by Gasteiger charge is -2.31. The van der Waals surface area contributed by atoms with Gasteiger partial charge >= 0.3 is 0 Å². The van der Waals surface area contributed by atoms with E-state index in [1.807, 2.05) is 11.3 Å². The molecule has 2 rings (SSSR count). The summed E-state index contributed by atoms with van der Waals surface area (Å²) >= 11 is 1.93. The Labute approximate surface area is 121 Å². The van der Waals surface area contributed by atoms with E-state index in [9.17, 15) is 0 Å². The molecular formula is C16H27NOS. The molecular weight excluding hydrogens is 254 g/mol. The van der Waals surface area contributed by atoms with E-state index < -0.39 is 0 Å². The quantitative estimate of drug-likeness (QED) is 0.896. The first-order chi connectivity index (χ1) is 9.02. The lowest BCUT2D eigenvalue weighted by Crippen LogP contribution is -2.31. The van der Waals surface area contributed by atoms with Crippen LogP contribution in [0.2, 0.25) is 0 Å². The lowest BCUT2D eigenvalue weighted by molar-refractivity contribution is -0.0254. The molecule has 0 radical (unpaired) electrons. The predicted molar refractivity (Wildman–Crippen MR) is 83.0 cm³/mol. The zero-order valence-electron chi connectivity index (χ0n) is 12.7. The van der Waals surface area contributed by atoms with Crippen LogP contribution in [0.1, 0.15) is 56.4 Å². The monoisotopic (exact) mass is 281 g/mol. The van der Waals surface area contributed by atoms with Gasteiger partial charge in [-0.25, -0.2) is 0 Å². The van der Waals surface area contributed by atoms with E-state index >= 15 is 0 Å². The Balaban J connectivity index is 2.11. The van der Waals surface area contributed by atoms with E-state index in [0.29, 0.717) is 12.0 Å². The minimum atomic E-state index is 0.245. The molecule has 1 aromatic heterocycles. The van der Waals surface area contributed by atoms with Crippen LogP contribution in [0.4, 0.5) is 0 Å². The molecule has 0 saturated carbocycles. The first-order valence-electron chi connectivity index (χ1n) is 7.45. The van der Waals surface area contributed by atoms with Gasteiger partial charge < -0.3 is 10.1 Å². The number of nitrogens with one attached hydrogen (secondary N) is 1. The maximum Gasteiger partial charge on any atom is 0.0956 e. The molecule has 1 aromatic rings. The molecule has 19 heavy (non-hydrogen) atoms. The zero-order valence-corrected chi connectivity index (χ0v) is 13.5. The van der Waals surface area contributed by atoms with Gasteiger partial charge in [-0.1, -0.05) is 27.7 Å². The highest BCUT2D eigenvalue weighted by atomic mass is 32.1. The van der Waals surface area contributed by atoms with Crippen molar-refractivity contribution in [3.05, 3.63) is 21.9 Å².